The Morgan fingerprint density at radius 3 is 1.29 bits per heavy atom. The SMILES string of the molecule is CNC1NC(NC)C(O)C1O.Cl.Cl.Cl. The van der Waals surface area contributed by atoms with Crippen LogP contribution in [-0.2, 0) is 0 Å². The predicted octanol–water partition coefficient (Wildman–Crippen LogP) is -1.33. The van der Waals surface area contributed by atoms with Gasteiger partial charge in [0.05, 0.1) is 12.3 Å². The zero-order valence-electron chi connectivity index (χ0n) is 7.93. The Morgan fingerprint density at radius 2 is 1.14 bits per heavy atom. The van der Waals surface area contributed by atoms with Crippen LogP contribution in [0.4, 0.5) is 0 Å². The first-order valence-corrected chi connectivity index (χ1v) is 3.67. The molecule has 1 saturated heterocycles. The van der Waals surface area contributed by atoms with Crippen LogP contribution in [0.1, 0.15) is 0 Å². The van der Waals surface area contributed by atoms with Crippen molar-refractivity contribution >= 4 is 37.2 Å². The Balaban J connectivity index is -0.000000403. The first-order valence-electron chi connectivity index (χ1n) is 3.67. The lowest BCUT2D eigenvalue weighted by Gasteiger charge is -2.13. The highest BCUT2D eigenvalue weighted by atomic mass is 35.5. The van der Waals surface area contributed by atoms with Crippen LogP contribution in [0.25, 0.3) is 0 Å². The average molecular weight is 271 g/mol. The average Bonchev–Trinajstić information content (AvgIpc) is 2.30. The smallest absolute Gasteiger partial charge is 0.111 e. The maximum Gasteiger partial charge on any atom is 0.111 e. The van der Waals surface area contributed by atoms with Gasteiger partial charge in [-0.3, -0.25) is 5.32 Å². The molecular weight excluding hydrogens is 252 g/mol. The van der Waals surface area contributed by atoms with Crippen LogP contribution in [0.15, 0.2) is 0 Å². The lowest BCUT2D eigenvalue weighted by molar-refractivity contribution is 0.0214. The summed E-state index contributed by atoms with van der Waals surface area (Å²) in [6, 6.07) is 0. The summed E-state index contributed by atoms with van der Waals surface area (Å²) in [6.45, 7) is 0. The first-order chi connectivity index (χ1) is 5.20. The summed E-state index contributed by atoms with van der Waals surface area (Å²) < 4.78 is 0. The molecule has 1 rings (SSSR count). The summed E-state index contributed by atoms with van der Waals surface area (Å²) in [5.74, 6) is 0. The van der Waals surface area contributed by atoms with E-state index in [-0.39, 0.29) is 49.6 Å². The van der Waals surface area contributed by atoms with E-state index in [4.69, 9.17) is 0 Å². The molecule has 1 heterocycles. The van der Waals surface area contributed by atoms with Gasteiger partial charge in [0.2, 0.25) is 0 Å². The molecule has 5 nitrogen and oxygen atoms in total. The standard InChI is InChI=1S/C6H15N3O2.3ClH/c1-7-5-3(10)4(11)6(8-2)9-5;;;/h3-11H,1-2H3;3*1H. The van der Waals surface area contributed by atoms with Crippen LogP contribution in [-0.4, -0.2) is 48.8 Å². The highest BCUT2D eigenvalue weighted by Crippen LogP contribution is 2.09. The molecule has 0 amide bonds. The minimum Gasteiger partial charge on any atom is -0.387 e. The van der Waals surface area contributed by atoms with Gasteiger partial charge in [-0.2, -0.15) is 0 Å². The van der Waals surface area contributed by atoms with Crippen molar-refractivity contribution in [2.24, 2.45) is 0 Å². The van der Waals surface area contributed by atoms with Gasteiger partial charge in [0.15, 0.2) is 0 Å². The molecule has 0 aromatic rings. The van der Waals surface area contributed by atoms with Gasteiger partial charge in [-0.25, -0.2) is 0 Å². The molecule has 4 atom stereocenters. The van der Waals surface area contributed by atoms with Crippen LogP contribution >= 0.6 is 37.2 Å². The summed E-state index contributed by atoms with van der Waals surface area (Å²) in [6.07, 6.45) is -1.97. The number of aliphatic hydroxyl groups is 2. The number of likely N-dealkylation sites (N-methyl/N-ethyl adjacent to an activating group) is 2. The molecule has 8 heteroatoms. The Labute approximate surface area is 102 Å². The molecular formula is C6H18Cl3N3O2. The molecule has 14 heavy (non-hydrogen) atoms. The minimum atomic E-state index is -0.752. The number of hydrogen-bond donors (Lipinski definition) is 5. The summed E-state index contributed by atoms with van der Waals surface area (Å²) in [4.78, 5) is 0. The Bertz CT molecular complexity index is 125. The van der Waals surface area contributed by atoms with Gasteiger partial charge < -0.3 is 20.8 Å². The molecule has 0 aliphatic carbocycles. The summed E-state index contributed by atoms with van der Waals surface area (Å²) in [5, 5.41) is 27.4. The van der Waals surface area contributed by atoms with Crippen molar-refractivity contribution in [2.45, 2.75) is 24.5 Å². The van der Waals surface area contributed by atoms with Crippen molar-refractivity contribution < 1.29 is 10.2 Å². The van der Waals surface area contributed by atoms with E-state index in [9.17, 15) is 10.2 Å². The number of halogens is 3. The summed E-state index contributed by atoms with van der Waals surface area (Å²) in [7, 11) is 3.46. The Kier molecular flexibility index (Phi) is 12.8. The van der Waals surface area contributed by atoms with E-state index in [0.717, 1.165) is 0 Å². The lowest BCUT2D eigenvalue weighted by Crippen LogP contribution is -2.46. The lowest BCUT2D eigenvalue weighted by atomic mass is 10.2. The van der Waals surface area contributed by atoms with Crippen LogP contribution in [0.2, 0.25) is 0 Å². The summed E-state index contributed by atoms with van der Waals surface area (Å²) >= 11 is 0. The fraction of sp³-hybridized carbons (Fsp3) is 1.00. The zero-order chi connectivity index (χ0) is 8.43. The third-order valence-corrected chi connectivity index (χ3v) is 2.01. The molecule has 1 fully saturated rings. The number of aliphatic hydroxyl groups excluding tert-OH is 2. The third-order valence-electron chi connectivity index (χ3n) is 2.01. The van der Waals surface area contributed by atoms with Crippen molar-refractivity contribution in [3.63, 3.8) is 0 Å². The fourth-order valence-electron chi connectivity index (χ4n) is 1.29. The van der Waals surface area contributed by atoms with Crippen LogP contribution in [0.5, 0.6) is 0 Å². The third kappa shape index (κ3) is 4.04. The van der Waals surface area contributed by atoms with Crippen molar-refractivity contribution in [3.8, 4) is 0 Å². The van der Waals surface area contributed by atoms with E-state index in [0.29, 0.717) is 0 Å². The van der Waals surface area contributed by atoms with E-state index < -0.39 is 12.2 Å². The number of rotatable bonds is 2. The van der Waals surface area contributed by atoms with Gasteiger partial charge in [-0.05, 0) is 14.1 Å². The molecule has 0 saturated carbocycles. The largest absolute Gasteiger partial charge is 0.387 e. The molecule has 90 valence electrons. The van der Waals surface area contributed by atoms with E-state index in [1.807, 2.05) is 0 Å². The second kappa shape index (κ2) is 8.94. The first kappa shape index (κ1) is 20.1. The van der Waals surface area contributed by atoms with E-state index in [1.54, 1.807) is 14.1 Å². The normalized spacial score (nSPS) is 35.1. The Hall–Kier alpha value is 0.670. The second-order valence-corrected chi connectivity index (χ2v) is 2.68. The monoisotopic (exact) mass is 269 g/mol. The van der Waals surface area contributed by atoms with Crippen LogP contribution in [0, 0.1) is 0 Å². The van der Waals surface area contributed by atoms with E-state index in [1.165, 1.54) is 0 Å². The minimum absolute atomic E-state index is 0. The van der Waals surface area contributed by atoms with Gasteiger partial charge >= 0.3 is 0 Å². The molecule has 0 aromatic carbocycles. The second-order valence-electron chi connectivity index (χ2n) is 2.68. The van der Waals surface area contributed by atoms with Crippen molar-refractivity contribution in [1.29, 1.82) is 0 Å². The van der Waals surface area contributed by atoms with Gasteiger partial charge in [0.25, 0.3) is 0 Å². The maximum absolute atomic E-state index is 9.34. The molecule has 0 radical (unpaired) electrons. The van der Waals surface area contributed by atoms with Gasteiger partial charge in [-0.1, -0.05) is 0 Å². The maximum atomic E-state index is 9.34. The predicted molar refractivity (Wildman–Crippen MR) is 62.6 cm³/mol. The Morgan fingerprint density at radius 1 is 0.857 bits per heavy atom. The number of hydrogen-bond acceptors (Lipinski definition) is 5. The fourth-order valence-corrected chi connectivity index (χ4v) is 1.29. The highest BCUT2D eigenvalue weighted by molar-refractivity contribution is 5.86. The quantitative estimate of drug-likeness (QED) is 0.430. The van der Waals surface area contributed by atoms with Gasteiger partial charge in [-0.15, -0.1) is 37.2 Å². The van der Waals surface area contributed by atoms with Gasteiger partial charge in [0, 0.05) is 0 Å². The molecule has 5 N–H and O–H groups in total. The molecule has 1 aliphatic heterocycles. The molecule has 4 unspecified atom stereocenters. The van der Waals surface area contributed by atoms with Crippen molar-refractivity contribution in [3.05, 3.63) is 0 Å². The zero-order valence-corrected chi connectivity index (χ0v) is 10.4. The van der Waals surface area contributed by atoms with Crippen molar-refractivity contribution in [1.82, 2.24) is 16.0 Å². The number of nitrogens with one attached hydrogen (secondary N) is 3. The van der Waals surface area contributed by atoms with Crippen LogP contribution < -0.4 is 16.0 Å². The summed E-state index contributed by atoms with van der Waals surface area (Å²) in [5.41, 5.74) is 0. The molecule has 0 spiro atoms. The van der Waals surface area contributed by atoms with E-state index in [2.05, 4.69) is 16.0 Å². The van der Waals surface area contributed by atoms with E-state index >= 15 is 0 Å². The highest BCUT2D eigenvalue weighted by Gasteiger charge is 2.39. The van der Waals surface area contributed by atoms with Crippen LogP contribution in [0.3, 0.4) is 0 Å². The molecule has 0 bridgehead atoms. The van der Waals surface area contributed by atoms with Gasteiger partial charge in [0.1, 0.15) is 12.2 Å². The molecule has 0 aromatic heterocycles. The van der Waals surface area contributed by atoms with Crippen molar-refractivity contribution in [2.75, 3.05) is 14.1 Å². The topological polar surface area (TPSA) is 76.5 Å². The molecule has 1 aliphatic rings.